The molecule has 2 amide bonds. The summed E-state index contributed by atoms with van der Waals surface area (Å²) in [5.74, 6) is -0.519. The molecule has 0 bridgehead atoms. The molecule has 26 heavy (non-hydrogen) atoms. The number of halogens is 1. The Bertz CT molecular complexity index is 982. The summed E-state index contributed by atoms with van der Waals surface area (Å²) in [5, 5.41) is 4.37. The van der Waals surface area contributed by atoms with E-state index in [9.17, 15) is 9.59 Å². The molecule has 0 aliphatic rings. The van der Waals surface area contributed by atoms with Crippen LogP contribution in [0.4, 0.5) is 11.4 Å². The summed E-state index contributed by atoms with van der Waals surface area (Å²) in [4.78, 5) is 30.4. The number of hydrogen-bond donors (Lipinski definition) is 1. The SMILES string of the molecule is CC(=O)N(CC(=O)Nc1cccc2cccnc12)c1ccc(Cl)cc1C. The average Bonchev–Trinajstić information content (AvgIpc) is 2.60. The van der Waals surface area contributed by atoms with Crippen LogP contribution in [-0.2, 0) is 9.59 Å². The van der Waals surface area contributed by atoms with Crippen LogP contribution in [0.15, 0.2) is 54.7 Å². The number of hydrogen-bond acceptors (Lipinski definition) is 3. The van der Waals surface area contributed by atoms with Crippen LogP contribution in [-0.4, -0.2) is 23.3 Å². The molecular weight excluding hydrogens is 350 g/mol. The Morgan fingerprint density at radius 3 is 2.65 bits per heavy atom. The molecule has 0 saturated heterocycles. The van der Waals surface area contributed by atoms with Gasteiger partial charge in [-0.1, -0.05) is 29.8 Å². The maximum atomic E-state index is 12.6. The Kier molecular flexibility index (Phi) is 5.19. The number of para-hydroxylation sites is 1. The van der Waals surface area contributed by atoms with E-state index in [-0.39, 0.29) is 18.4 Å². The Balaban J connectivity index is 1.83. The maximum Gasteiger partial charge on any atom is 0.244 e. The molecular formula is C20H18ClN3O2. The Hall–Kier alpha value is -2.92. The molecule has 3 aromatic rings. The van der Waals surface area contributed by atoms with Gasteiger partial charge < -0.3 is 10.2 Å². The maximum absolute atomic E-state index is 12.6. The van der Waals surface area contributed by atoms with E-state index in [0.717, 1.165) is 10.9 Å². The van der Waals surface area contributed by atoms with E-state index in [2.05, 4.69) is 10.3 Å². The first kappa shape index (κ1) is 17.9. The van der Waals surface area contributed by atoms with E-state index in [4.69, 9.17) is 11.6 Å². The molecule has 3 rings (SSSR count). The summed E-state index contributed by atoms with van der Waals surface area (Å²) in [6.45, 7) is 3.19. The van der Waals surface area contributed by atoms with Gasteiger partial charge in [-0.15, -0.1) is 0 Å². The second kappa shape index (κ2) is 7.54. The molecule has 0 spiro atoms. The van der Waals surface area contributed by atoms with Crippen molar-refractivity contribution in [2.45, 2.75) is 13.8 Å². The first-order chi connectivity index (χ1) is 12.5. The van der Waals surface area contributed by atoms with Crippen molar-refractivity contribution in [2.24, 2.45) is 0 Å². The topological polar surface area (TPSA) is 62.3 Å². The normalized spacial score (nSPS) is 10.6. The minimum Gasteiger partial charge on any atom is -0.323 e. The van der Waals surface area contributed by atoms with Crippen LogP contribution < -0.4 is 10.2 Å². The lowest BCUT2D eigenvalue weighted by molar-refractivity contribution is -0.120. The van der Waals surface area contributed by atoms with Gasteiger partial charge in [0, 0.05) is 29.2 Å². The van der Waals surface area contributed by atoms with Gasteiger partial charge in [-0.3, -0.25) is 14.6 Å². The smallest absolute Gasteiger partial charge is 0.244 e. The Morgan fingerprint density at radius 1 is 1.15 bits per heavy atom. The molecule has 132 valence electrons. The molecule has 0 radical (unpaired) electrons. The molecule has 6 heteroatoms. The highest BCUT2D eigenvalue weighted by Gasteiger charge is 2.18. The number of rotatable bonds is 4. The lowest BCUT2D eigenvalue weighted by atomic mass is 10.1. The number of benzene rings is 2. The van der Waals surface area contributed by atoms with Crippen molar-refractivity contribution in [3.63, 3.8) is 0 Å². The Labute approximate surface area is 156 Å². The standard InChI is InChI=1S/C20H18ClN3O2/c1-13-11-16(21)8-9-18(13)24(14(2)25)12-19(26)23-17-7-3-5-15-6-4-10-22-20(15)17/h3-11H,12H2,1-2H3,(H,23,26). The zero-order valence-corrected chi connectivity index (χ0v) is 15.2. The van der Waals surface area contributed by atoms with E-state index in [0.29, 0.717) is 21.9 Å². The fourth-order valence-corrected chi connectivity index (χ4v) is 3.05. The second-order valence-corrected chi connectivity index (χ2v) is 6.40. The van der Waals surface area contributed by atoms with Gasteiger partial charge in [0.25, 0.3) is 0 Å². The molecule has 0 saturated carbocycles. The molecule has 0 atom stereocenters. The van der Waals surface area contributed by atoms with Gasteiger partial charge in [0.15, 0.2) is 0 Å². The number of nitrogens with one attached hydrogen (secondary N) is 1. The zero-order chi connectivity index (χ0) is 18.7. The first-order valence-electron chi connectivity index (χ1n) is 8.13. The van der Waals surface area contributed by atoms with Gasteiger partial charge >= 0.3 is 0 Å². The molecule has 2 aromatic carbocycles. The van der Waals surface area contributed by atoms with Gasteiger partial charge in [0.2, 0.25) is 11.8 Å². The van der Waals surface area contributed by atoms with E-state index in [1.54, 1.807) is 30.5 Å². The highest BCUT2D eigenvalue weighted by atomic mass is 35.5. The number of nitrogens with zero attached hydrogens (tertiary/aromatic N) is 2. The predicted octanol–water partition coefficient (Wildman–Crippen LogP) is 4.19. The Morgan fingerprint density at radius 2 is 1.92 bits per heavy atom. The van der Waals surface area contributed by atoms with Crippen LogP contribution in [0.3, 0.4) is 0 Å². The monoisotopic (exact) mass is 367 g/mol. The van der Waals surface area contributed by atoms with Crippen molar-refractivity contribution in [2.75, 3.05) is 16.8 Å². The van der Waals surface area contributed by atoms with Crippen LogP contribution in [0.5, 0.6) is 0 Å². The molecule has 1 N–H and O–H groups in total. The summed E-state index contributed by atoms with van der Waals surface area (Å²) in [6.07, 6.45) is 1.68. The van der Waals surface area contributed by atoms with Crippen LogP contribution in [0.1, 0.15) is 12.5 Å². The first-order valence-corrected chi connectivity index (χ1v) is 8.51. The molecule has 0 aliphatic heterocycles. The third-order valence-electron chi connectivity index (χ3n) is 4.04. The summed E-state index contributed by atoms with van der Waals surface area (Å²) in [5.41, 5.74) is 2.81. The second-order valence-electron chi connectivity index (χ2n) is 5.96. The number of pyridine rings is 1. The lowest BCUT2D eigenvalue weighted by Crippen LogP contribution is -2.37. The number of carbonyl (C=O) groups is 2. The fourth-order valence-electron chi connectivity index (χ4n) is 2.83. The van der Waals surface area contributed by atoms with Crippen LogP contribution in [0.25, 0.3) is 10.9 Å². The summed E-state index contributed by atoms with van der Waals surface area (Å²) in [7, 11) is 0. The van der Waals surface area contributed by atoms with Crippen molar-refractivity contribution in [3.8, 4) is 0 Å². The van der Waals surface area contributed by atoms with Crippen LogP contribution in [0, 0.1) is 6.92 Å². The third-order valence-corrected chi connectivity index (χ3v) is 4.27. The van der Waals surface area contributed by atoms with Gasteiger partial charge in [-0.2, -0.15) is 0 Å². The zero-order valence-electron chi connectivity index (χ0n) is 14.5. The minimum atomic E-state index is -0.298. The molecule has 1 heterocycles. The van der Waals surface area contributed by atoms with Gasteiger partial charge in [-0.05, 0) is 42.8 Å². The van der Waals surface area contributed by atoms with Gasteiger partial charge in [0.1, 0.15) is 6.54 Å². The van der Waals surface area contributed by atoms with E-state index in [1.165, 1.54) is 11.8 Å². The van der Waals surface area contributed by atoms with Crippen molar-refractivity contribution < 1.29 is 9.59 Å². The van der Waals surface area contributed by atoms with Crippen LogP contribution >= 0.6 is 11.6 Å². The molecule has 0 fully saturated rings. The molecule has 0 unspecified atom stereocenters. The number of aromatic nitrogens is 1. The highest BCUT2D eigenvalue weighted by Crippen LogP contribution is 2.24. The third kappa shape index (κ3) is 3.83. The largest absolute Gasteiger partial charge is 0.323 e. The lowest BCUT2D eigenvalue weighted by Gasteiger charge is -2.23. The quantitative estimate of drug-likeness (QED) is 0.752. The number of amides is 2. The number of carbonyl (C=O) groups excluding carboxylic acids is 2. The average molecular weight is 368 g/mol. The predicted molar refractivity (Wildman–Crippen MR) is 105 cm³/mol. The van der Waals surface area contributed by atoms with E-state index < -0.39 is 0 Å². The van der Waals surface area contributed by atoms with Crippen molar-refractivity contribution in [3.05, 3.63) is 65.3 Å². The van der Waals surface area contributed by atoms with Gasteiger partial charge in [-0.25, -0.2) is 0 Å². The van der Waals surface area contributed by atoms with Gasteiger partial charge in [0.05, 0.1) is 11.2 Å². The minimum absolute atomic E-state index is 0.0962. The highest BCUT2D eigenvalue weighted by molar-refractivity contribution is 6.30. The number of fused-ring (bicyclic) bond motifs is 1. The fraction of sp³-hybridized carbons (Fsp3) is 0.150. The van der Waals surface area contributed by atoms with Crippen molar-refractivity contribution in [1.29, 1.82) is 0 Å². The summed E-state index contributed by atoms with van der Waals surface area (Å²) < 4.78 is 0. The van der Waals surface area contributed by atoms with E-state index >= 15 is 0 Å². The summed E-state index contributed by atoms with van der Waals surface area (Å²) in [6, 6.07) is 14.5. The van der Waals surface area contributed by atoms with Crippen molar-refractivity contribution >= 4 is 45.7 Å². The number of anilines is 2. The molecule has 1 aromatic heterocycles. The molecule has 0 aliphatic carbocycles. The van der Waals surface area contributed by atoms with Crippen LogP contribution in [0.2, 0.25) is 5.02 Å². The summed E-state index contributed by atoms with van der Waals surface area (Å²) >= 11 is 5.98. The molecule has 5 nitrogen and oxygen atoms in total. The van der Waals surface area contributed by atoms with Crippen molar-refractivity contribution in [1.82, 2.24) is 4.98 Å². The van der Waals surface area contributed by atoms with E-state index in [1.807, 2.05) is 31.2 Å². The number of aryl methyl sites for hydroxylation is 1.